The summed E-state index contributed by atoms with van der Waals surface area (Å²) in [6, 6.07) is 7.62. The number of halogens is 1. The maximum atomic E-state index is 7.61. The van der Waals surface area contributed by atoms with Crippen molar-refractivity contribution in [1.82, 2.24) is 4.98 Å². The van der Waals surface area contributed by atoms with E-state index < -0.39 is 0 Å². The van der Waals surface area contributed by atoms with Gasteiger partial charge in [-0.05, 0) is 27.4 Å². The minimum Gasteiger partial charge on any atom is -0.249 e. The summed E-state index contributed by atoms with van der Waals surface area (Å²) in [5, 5.41) is 1.64. The summed E-state index contributed by atoms with van der Waals surface area (Å²) in [5.74, 6) is 0. The molecule has 0 aliphatic carbocycles. The molecule has 1 nitrogen and oxygen atoms in total. The zero-order valence-electron chi connectivity index (χ0n) is 7.63. The molecule has 2 heteroatoms. The van der Waals surface area contributed by atoms with Crippen molar-refractivity contribution in [2.45, 2.75) is 0 Å². The van der Waals surface area contributed by atoms with Crippen LogP contribution in [0, 0.1) is 0 Å². The molecule has 0 aliphatic heterocycles. The third-order valence-corrected chi connectivity index (χ3v) is 2.10. The number of nitrogens with zero attached hydrogens (tertiary/aromatic N) is 1. The second-order valence-electron chi connectivity index (χ2n) is 2.19. The molecule has 0 atom stereocenters. The van der Waals surface area contributed by atoms with Gasteiger partial charge in [-0.3, -0.25) is 0 Å². The lowest BCUT2D eigenvalue weighted by atomic mass is 10.2. The molecule has 0 amide bonds. The van der Waals surface area contributed by atoms with Crippen molar-refractivity contribution >= 4 is 26.7 Å². The summed E-state index contributed by atoms with van der Waals surface area (Å²) in [5.41, 5.74) is 0. The van der Waals surface area contributed by atoms with Crippen LogP contribution in [0.25, 0.3) is 10.8 Å². The zero-order valence-corrected chi connectivity index (χ0v) is 7.22. The average molecular weight is 210 g/mol. The van der Waals surface area contributed by atoms with Crippen molar-refractivity contribution in [3.63, 3.8) is 0 Å². The number of benzene rings is 1. The van der Waals surface area contributed by atoms with Gasteiger partial charge in [-0.15, -0.1) is 0 Å². The summed E-state index contributed by atoms with van der Waals surface area (Å²) in [6.07, 6.45) is 0.00516. The number of pyridine rings is 1. The number of hydrogen-bond acceptors (Lipinski definition) is 1. The predicted molar refractivity (Wildman–Crippen MR) is 49.4 cm³/mol. The second-order valence-corrected chi connectivity index (χ2v) is 2.94. The van der Waals surface area contributed by atoms with E-state index in [0.717, 1.165) is 10.8 Å². The molecule has 0 saturated carbocycles. The van der Waals surface area contributed by atoms with Crippen molar-refractivity contribution in [2.24, 2.45) is 0 Å². The van der Waals surface area contributed by atoms with Gasteiger partial charge in [0.2, 0.25) is 0 Å². The van der Waals surface area contributed by atoms with Crippen molar-refractivity contribution in [2.75, 3.05) is 0 Å². The number of fused-ring (bicyclic) bond motifs is 1. The Hall–Kier alpha value is -0.890. The van der Waals surface area contributed by atoms with E-state index in [9.17, 15) is 0 Å². The fourth-order valence-electron chi connectivity index (χ4n) is 0.969. The van der Waals surface area contributed by atoms with Gasteiger partial charge in [-0.2, -0.15) is 0 Å². The Morgan fingerprint density at radius 1 is 1.36 bits per heavy atom. The lowest BCUT2D eigenvalue weighted by molar-refractivity contribution is 1.31. The summed E-state index contributed by atoms with van der Waals surface area (Å²) in [7, 11) is 0. The van der Waals surface area contributed by atoms with Crippen molar-refractivity contribution < 1.29 is 2.74 Å². The summed E-state index contributed by atoms with van der Waals surface area (Å²) < 4.78 is 15.7. The highest BCUT2D eigenvalue weighted by Crippen LogP contribution is 2.20. The Bertz CT molecular complexity index is 470. The topological polar surface area (TPSA) is 12.9 Å². The molecule has 11 heavy (non-hydrogen) atoms. The molecule has 0 radical (unpaired) electrons. The van der Waals surface area contributed by atoms with Crippen LogP contribution in [0.15, 0.2) is 41.1 Å². The van der Waals surface area contributed by atoms with Gasteiger partial charge in [0.15, 0.2) is 0 Å². The van der Waals surface area contributed by atoms with E-state index in [4.69, 9.17) is 2.74 Å². The summed E-state index contributed by atoms with van der Waals surface area (Å²) in [4.78, 5) is 3.90. The minimum atomic E-state index is 0.00516. The Morgan fingerprint density at radius 3 is 3.09 bits per heavy atom. The normalized spacial score (nSPS) is 12.8. The van der Waals surface area contributed by atoms with Gasteiger partial charge in [0.05, 0.1) is 2.74 Å². The highest BCUT2D eigenvalue weighted by atomic mass is 79.9. The SMILES string of the molecule is [2H]c1nc(Br)c2ccccc2c1[2H]. The standard InChI is InChI=1S/C9H6BrN/c10-9-8-4-2-1-3-7(8)5-6-11-9/h1-6H/i5D,6D. The molecule has 0 N–H and O–H groups in total. The van der Waals surface area contributed by atoms with Gasteiger partial charge in [0.25, 0.3) is 0 Å². The summed E-state index contributed by atoms with van der Waals surface area (Å²) >= 11 is 3.27. The van der Waals surface area contributed by atoms with Crippen LogP contribution in [0.3, 0.4) is 0 Å². The molecule has 0 bridgehead atoms. The predicted octanol–water partition coefficient (Wildman–Crippen LogP) is 3.00. The van der Waals surface area contributed by atoms with Crippen LogP contribution in [0.2, 0.25) is 0 Å². The van der Waals surface area contributed by atoms with E-state index >= 15 is 0 Å². The van der Waals surface area contributed by atoms with Gasteiger partial charge in [0.1, 0.15) is 4.60 Å². The van der Waals surface area contributed by atoms with Crippen LogP contribution < -0.4 is 0 Å². The van der Waals surface area contributed by atoms with E-state index in [2.05, 4.69) is 20.9 Å². The van der Waals surface area contributed by atoms with Crippen molar-refractivity contribution in [3.05, 3.63) is 41.1 Å². The molecule has 0 aliphatic rings. The second kappa shape index (κ2) is 2.62. The van der Waals surface area contributed by atoms with E-state index in [-0.39, 0.29) is 12.2 Å². The molecule has 0 saturated heterocycles. The largest absolute Gasteiger partial charge is 0.249 e. The van der Waals surface area contributed by atoms with Crippen LogP contribution in [-0.4, -0.2) is 4.98 Å². The molecule has 2 rings (SSSR count). The highest BCUT2D eigenvalue weighted by Gasteiger charge is 1.95. The first-order chi connectivity index (χ1) is 6.20. The Kier molecular flexibility index (Phi) is 1.16. The molecule has 0 unspecified atom stereocenters. The molecule has 0 spiro atoms. The number of hydrogen-bond donors (Lipinski definition) is 0. The maximum Gasteiger partial charge on any atom is 0.113 e. The quantitative estimate of drug-likeness (QED) is 0.609. The smallest absolute Gasteiger partial charge is 0.113 e. The van der Waals surface area contributed by atoms with Crippen LogP contribution >= 0.6 is 15.9 Å². The minimum absolute atomic E-state index is 0.00516. The average Bonchev–Trinajstić information content (AvgIpc) is 2.15. The van der Waals surface area contributed by atoms with E-state index in [1.807, 2.05) is 24.3 Å². The maximum absolute atomic E-state index is 7.61. The van der Waals surface area contributed by atoms with Gasteiger partial charge >= 0.3 is 0 Å². The van der Waals surface area contributed by atoms with Gasteiger partial charge in [0, 0.05) is 11.6 Å². The van der Waals surface area contributed by atoms with E-state index in [1.54, 1.807) is 0 Å². The number of rotatable bonds is 0. The molecule has 54 valence electrons. The van der Waals surface area contributed by atoms with E-state index in [1.165, 1.54) is 0 Å². The van der Waals surface area contributed by atoms with Gasteiger partial charge in [-0.1, -0.05) is 24.3 Å². The van der Waals surface area contributed by atoms with Crippen molar-refractivity contribution in [1.29, 1.82) is 0 Å². The fourth-order valence-corrected chi connectivity index (χ4v) is 1.40. The third-order valence-electron chi connectivity index (χ3n) is 1.49. The first kappa shape index (κ1) is 4.88. The Morgan fingerprint density at radius 2 is 2.18 bits per heavy atom. The van der Waals surface area contributed by atoms with Crippen LogP contribution in [0.5, 0.6) is 0 Å². The summed E-state index contributed by atoms with van der Waals surface area (Å²) in [6.45, 7) is 0. The van der Waals surface area contributed by atoms with Crippen molar-refractivity contribution in [3.8, 4) is 0 Å². The Balaban J connectivity index is 2.97. The third kappa shape index (κ3) is 1.14. The Labute approximate surface area is 76.0 Å². The van der Waals surface area contributed by atoms with Crippen LogP contribution in [0.4, 0.5) is 0 Å². The molecular weight excluding hydrogens is 202 g/mol. The first-order valence-electron chi connectivity index (χ1n) is 4.21. The fraction of sp³-hybridized carbons (Fsp3) is 0. The zero-order chi connectivity index (χ0) is 9.42. The van der Waals surface area contributed by atoms with Gasteiger partial charge < -0.3 is 0 Å². The first-order valence-corrected chi connectivity index (χ1v) is 4.01. The van der Waals surface area contributed by atoms with Crippen LogP contribution in [-0.2, 0) is 0 Å². The lowest BCUT2D eigenvalue weighted by Crippen LogP contribution is -1.76. The molecule has 0 fully saturated rings. The van der Waals surface area contributed by atoms with Gasteiger partial charge in [-0.25, -0.2) is 4.98 Å². The molecule has 1 aromatic heterocycles. The number of aromatic nitrogens is 1. The monoisotopic (exact) mass is 209 g/mol. The molecular formula is C9H6BrN. The molecule has 2 aromatic rings. The van der Waals surface area contributed by atoms with Crippen LogP contribution in [0.1, 0.15) is 2.74 Å². The van der Waals surface area contributed by atoms with E-state index in [0.29, 0.717) is 4.60 Å². The highest BCUT2D eigenvalue weighted by molar-refractivity contribution is 9.10. The lowest BCUT2D eigenvalue weighted by Gasteiger charge is -1.96. The molecule has 1 heterocycles. The molecule has 1 aromatic carbocycles.